The predicted molar refractivity (Wildman–Crippen MR) is 82.3 cm³/mol. The highest BCUT2D eigenvalue weighted by Gasteiger charge is 2.28. The Balaban J connectivity index is 1.92. The van der Waals surface area contributed by atoms with Gasteiger partial charge in [-0.05, 0) is 24.4 Å². The molecule has 0 radical (unpaired) electrons. The second-order valence-electron chi connectivity index (χ2n) is 4.05. The Hall–Kier alpha value is -1.80. The Morgan fingerprint density at radius 3 is 2.90 bits per heavy atom. The molecule has 0 saturated carbocycles. The number of hydrogen-bond acceptors (Lipinski definition) is 4. The van der Waals surface area contributed by atoms with Gasteiger partial charge in [0.25, 0.3) is 0 Å². The number of carbonyl (C=O) groups is 2. The molecule has 0 saturated heterocycles. The lowest BCUT2D eigenvalue weighted by molar-refractivity contribution is -0.124. The van der Waals surface area contributed by atoms with Gasteiger partial charge in [0.1, 0.15) is 0 Å². The molecule has 8 heteroatoms. The van der Waals surface area contributed by atoms with Gasteiger partial charge in [-0.25, -0.2) is 0 Å². The molecule has 20 heavy (non-hydrogen) atoms. The van der Waals surface area contributed by atoms with Crippen molar-refractivity contribution in [2.24, 2.45) is 0 Å². The van der Waals surface area contributed by atoms with Gasteiger partial charge in [0.05, 0.1) is 10.9 Å². The first kappa shape index (κ1) is 14.6. The molecule has 6 nitrogen and oxygen atoms in total. The van der Waals surface area contributed by atoms with Crippen molar-refractivity contribution in [3.05, 3.63) is 24.3 Å². The number of thiocarbonyl (C=S) groups is 1. The van der Waals surface area contributed by atoms with Crippen LogP contribution >= 0.6 is 24.0 Å². The van der Waals surface area contributed by atoms with Crippen molar-refractivity contribution in [2.45, 2.75) is 16.6 Å². The van der Waals surface area contributed by atoms with Crippen LogP contribution in [0.4, 0.5) is 5.69 Å². The molecule has 1 heterocycles. The number of rotatable bonds is 2. The van der Waals surface area contributed by atoms with Gasteiger partial charge in [-0.2, -0.15) is 0 Å². The van der Waals surface area contributed by atoms with Crippen LogP contribution in [0.25, 0.3) is 0 Å². The first-order valence-electron chi connectivity index (χ1n) is 5.93. The fourth-order valence-corrected chi connectivity index (χ4v) is 2.80. The van der Waals surface area contributed by atoms with E-state index in [2.05, 4.69) is 21.5 Å². The fourth-order valence-electron chi connectivity index (χ4n) is 1.64. The molecular formula is C12H14N4O2S2. The van der Waals surface area contributed by atoms with Gasteiger partial charge in [0.2, 0.25) is 11.8 Å². The van der Waals surface area contributed by atoms with E-state index >= 15 is 0 Å². The monoisotopic (exact) mass is 310 g/mol. The lowest BCUT2D eigenvalue weighted by Gasteiger charge is -2.23. The zero-order valence-electron chi connectivity index (χ0n) is 10.7. The number of nitrogens with one attached hydrogen (secondary N) is 4. The molecule has 2 amide bonds. The summed E-state index contributed by atoms with van der Waals surface area (Å²) in [6.07, 6.45) is 0.0736. The molecule has 2 rings (SSSR count). The Morgan fingerprint density at radius 1 is 1.40 bits per heavy atom. The van der Waals surface area contributed by atoms with Crippen molar-refractivity contribution in [1.82, 2.24) is 16.2 Å². The largest absolute Gasteiger partial charge is 0.364 e. The molecule has 0 bridgehead atoms. The van der Waals surface area contributed by atoms with E-state index in [1.165, 1.54) is 11.8 Å². The Kier molecular flexibility index (Phi) is 4.80. The van der Waals surface area contributed by atoms with Crippen molar-refractivity contribution in [2.75, 3.05) is 12.4 Å². The summed E-state index contributed by atoms with van der Waals surface area (Å²) < 4.78 is 0. The minimum atomic E-state index is -0.449. The third kappa shape index (κ3) is 3.61. The zero-order chi connectivity index (χ0) is 14.5. The van der Waals surface area contributed by atoms with Crippen molar-refractivity contribution in [1.29, 1.82) is 0 Å². The molecule has 0 fully saturated rings. The summed E-state index contributed by atoms with van der Waals surface area (Å²) in [6.45, 7) is 0. The summed E-state index contributed by atoms with van der Waals surface area (Å²) in [5.74, 6) is -0.463. The van der Waals surface area contributed by atoms with Crippen molar-refractivity contribution in [3.8, 4) is 0 Å². The lowest BCUT2D eigenvalue weighted by Crippen LogP contribution is -2.47. The summed E-state index contributed by atoms with van der Waals surface area (Å²) in [5.41, 5.74) is 5.76. The van der Waals surface area contributed by atoms with E-state index in [0.29, 0.717) is 5.11 Å². The van der Waals surface area contributed by atoms with Crippen molar-refractivity contribution in [3.63, 3.8) is 0 Å². The van der Waals surface area contributed by atoms with Crippen molar-refractivity contribution >= 4 is 46.6 Å². The maximum absolute atomic E-state index is 11.9. The van der Waals surface area contributed by atoms with E-state index in [1.807, 2.05) is 24.3 Å². The smallest absolute Gasteiger partial charge is 0.240 e. The van der Waals surface area contributed by atoms with E-state index in [9.17, 15) is 9.59 Å². The highest BCUT2D eigenvalue weighted by Crippen LogP contribution is 2.36. The van der Waals surface area contributed by atoms with Crippen LogP contribution in [0.1, 0.15) is 6.42 Å². The maximum Gasteiger partial charge on any atom is 0.240 e. The molecule has 1 aromatic carbocycles. The minimum Gasteiger partial charge on any atom is -0.364 e. The third-order valence-electron chi connectivity index (χ3n) is 2.62. The number of para-hydroxylation sites is 1. The SMILES string of the molecule is CNC(=S)NNC(=O)CC1Sc2ccccc2NC1=O. The molecule has 1 aromatic rings. The highest BCUT2D eigenvalue weighted by atomic mass is 32.2. The number of anilines is 1. The van der Waals surface area contributed by atoms with Crippen LogP contribution < -0.4 is 21.5 Å². The van der Waals surface area contributed by atoms with Crippen LogP contribution in [0, 0.1) is 0 Å². The summed E-state index contributed by atoms with van der Waals surface area (Å²) >= 11 is 6.22. The van der Waals surface area contributed by atoms with Crippen LogP contribution in [0.3, 0.4) is 0 Å². The lowest BCUT2D eigenvalue weighted by atomic mass is 10.2. The van der Waals surface area contributed by atoms with E-state index < -0.39 is 5.25 Å². The molecule has 4 N–H and O–H groups in total. The van der Waals surface area contributed by atoms with E-state index in [-0.39, 0.29) is 18.2 Å². The van der Waals surface area contributed by atoms with Gasteiger partial charge in [-0.3, -0.25) is 20.4 Å². The second kappa shape index (κ2) is 6.58. The third-order valence-corrected chi connectivity index (χ3v) is 4.20. The summed E-state index contributed by atoms with van der Waals surface area (Å²) in [5, 5.41) is 5.32. The van der Waals surface area contributed by atoms with Gasteiger partial charge in [0.15, 0.2) is 5.11 Å². The molecule has 1 aliphatic rings. The minimum absolute atomic E-state index is 0.0736. The summed E-state index contributed by atoms with van der Waals surface area (Å²) in [6, 6.07) is 7.50. The normalized spacial score (nSPS) is 16.6. The summed E-state index contributed by atoms with van der Waals surface area (Å²) in [7, 11) is 1.64. The van der Waals surface area contributed by atoms with Gasteiger partial charge in [-0.1, -0.05) is 12.1 Å². The van der Waals surface area contributed by atoms with Gasteiger partial charge in [-0.15, -0.1) is 11.8 Å². The average molecular weight is 310 g/mol. The average Bonchev–Trinajstić information content (AvgIpc) is 2.45. The van der Waals surface area contributed by atoms with E-state index in [0.717, 1.165) is 10.6 Å². The first-order valence-corrected chi connectivity index (χ1v) is 7.22. The Morgan fingerprint density at radius 2 is 2.15 bits per heavy atom. The van der Waals surface area contributed by atoms with Crippen LogP contribution in [0.2, 0.25) is 0 Å². The number of fused-ring (bicyclic) bond motifs is 1. The molecule has 1 aliphatic heterocycles. The standard InChI is InChI=1S/C12H14N4O2S2/c1-13-12(19)16-15-10(17)6-9-11(18)14-7-4-2-3-5-8(7)20-9/h2-5,9H,6H2,1H3,(H,14,18)(H,15,17)(H2,13,16,19). The van der Waals surface area contributed by atoms with Gasteiger partial charge in [0, 0.05) is 18.4 Å². The Labute approximate surface area is 126 Å². The predicted octanol–water partition coefficient (Wildman–Crippen LogP) is 0.615. The second-order valence-corrected chi connectivity index (χ2v) is 5.70. The van der Waals surface area contributed by atoms with Crippen LogP contribution in [-0.2, 0) is 9.59 Å². The van der Waals surface area contributed by atoms with Crippen LogP contribution in [0.5, 0.6) is 0 Å². The summed E-state index contributed by atoms with van der Waals surface area (Å²) in [4.78, 5) is 24.6. The quantitative estimate of drug-likeness (QED) is 0.473. The maximum atomic E-state index is 11.9. The van der Waals surface area contributed by atoms with Crippen LogP contribution in [-0.4, -0.2) is 29.2 Å². The molecule has 106 valence electrons. The van der Waals surface area contributed by atoms with Gasteiger partial charge >= 0.3 is 0 Å². The number of hydrazine groups is 1. The first-order chi connectivity index (χ1) is 9.60. The van der Waals surface area contributed by atoms with Crippen LogP contribution in [0.15, 0.2) is 29.2 Å². The number of carbonyl (C=O) groups excluding carboxylic acids is 2. The molecule has 1 unspecified atom stereocenters. The number of hydrogen-bond donors (Lipinski definition) is 4. The Bertz CT molecular complexity index is 550. The van der Waals surface area contributed by atoms with Crippen molar-refractivity contribution < 1.29 is 9.59 Å². The zero-order valence-corrected chi connectivity index (χ0v) is 12.4. The number of thioether (sulfide) groups is 1. The number of amides is 2. The van der Waals surface area contributed by atoms with E-state index in [1.54, 1.807) is 7.05 Å². The van der Waals surface area contributed by atoms with Gasteiger partial charge < -0.3 is 10.6 Å². The molecule has 0 spiro atoms. The fraction of sp³-hybridized carbons (Fsp3) is 0.250. The molecule has 1 atom stereocenters. The topological polar surface area (TPSA) is 82.3 Å². The molecule has 0 aromatic heterocycles. The molecular weight excluding hydrogens is 296 g/mol. The highest BCUT2D eigenvalue weighted by molar-refractivity contribution is 8.01. The number of benzene rings is 1. The molecule has 0 aliphatic carbocycles. The van der Waals surface area contributed by atoms with E-state index in [4.69, 9.17) is 12.2 Å².